The molecule has 1 aromatic heterocycles. The van der Waals surface area contributed by atoms with Crippen LogP contribution in [0, 0.1) is 0 Å². The second-order valence-corrected chi connectivity index (χ2v) is 9.02. The van der Waals surface area contributed by atoms with Gasteiger partial charge in [0.15, 0.2) is 0 Å². The summed E-state index contributed by atoms with van der Waals surface area (Å²) in [5, 5.41) is 10.4. The first-order valence-corrected chi connectivity index (χ1v) is 11.1. The van der Waals surface area contributed by atoms with Crippen molar-refractivity contribution in [3.8, 4) is 5.75 Å². The minimum Gasteiger partial charge on any atom is -0.496 e. The zero-order valence-corrected chi connectivity index (χ0v) is 19.8. The standard InChI is InChI=1S/C27H31NO5/c1-6-7-19(20-11-10-18(26(30)31)15-24(20)32-5)22-16-28-23-12-8-17(14-21(22)23)9-13-25(29)33-27(2,3)4/h8-16,19,28H,6-7H2,1-5H3,(H,30,31)/b13-9+. The molecule has 2 N–H and O–H groups in total. The molecule has 0 fully saturated rings. The number of ether oxygens (including phenoxy) is 2. The van der Waals surface area contributed by atoms with E-state index in [9.17, 15) is 14.7 Å². The molecule has 1 unspecified atom stereocenters. The molecule has 2 aromatic carbocycles. The van der Waals surface area contributed by atoms with Crippen molar-refractivity contribution in [3.05, 3.63) is 70.9 Å². The van der Waals surface area contributed by atoms with Crippen LogP contribution in [0.3, 0.4) is 0 Å². The smallest absolute Gasteiger partial charge is 0.335 e. The first kappa shape index (κ1) is 24.1. The first-order chi connectivity index (χ1) is 15.6. The van der Waals surface area contributed by atoms with E-state index in [1.807, 2.05) is 51.2 Å². The third-order valence-corrected chi connectivity index (χ3v) is 5.37. The number of benzene rings is 2. The average Bonchev–Trinajstić information content (AvgIpc) is 3.17. The third-order valence-electron chi connectivity index (χ3n) is 5.37. The molecule has 1 heterocycles. The van der Waals surface area contributed by atoms with Gasteiger partial charge in [-0.2, -0.15) is 0 Å². The Balaban J connectivity index is 2.01. The summed E-state index contributed by atoms with van der Waals surface area (Å²) >= 11 is 0. The number of nitrogens with one attached hydrogen (secondary N) is 1. The lowest BCUT2D eigenvalue weighted by molar-refractivity contribution is -0.148. The van der Waals surface area contributed by atoms with E-state index in [0.29, 0.717) is 5.75 Å². The van der Waals surface area contributed by atoms with Crippen molar-refractivity contribution in [2.24, 2.45) is 0 Å². The number of methoxy groups -OCH3 is 1. The van der Waals surface area contributed by atoms with Crippen molar-refractivity contribution >= 4 is 28.9 Å². The number of esters is 1. The van der Waals surface area contributed by atoms with Crippen LogP contribution in [0.2, 0.25) is 0 Å². The van der Waals surface area contributed by atoms with Crippen LogP contribution in [-0.2, 0) is 9.53 Å². The Bertz CT molecular complexity index is 1180. The van der Waals surface area contributed by atoms with Crippen LogP contribution < -0.4 is 4.74 Å². The molecule has 0 bridgehead atoms. The molecule has 174 valence electrons. The molecule has 6 nitrogen and oxygen atoms in total. The monoisotopic (exact) mass is 449 g/mol. The number of hydrogen-bond donors (Lipinski definition) is 2. The Hall–Kier alpha value is -3.54. The van der Waals surface area contributed by atoms with Gasteiger partial charge in [0, 0.05) is 34.7 Å². The van der Waals surface area contributed by atoms with Gasteiger partial charge in [-0.05, 0) is 68.7 Å². The Morgan fingerprint density at radius 3 is 2.52 bits per heavy atom. The molecule has 6 heteroatoms. The van der Waals surface area contributed by atoms with Gasteiger partial charge in [-0.3, -0.25) is 0 Å². The first-order valence-electron chi connectivity index (χ1n) is 11.1. The van der Waals surface area contributed by atoms with Gasteiger partial charge in [-0.1, -0.05) is 25.5 Å². The number of hydrogen-bond acceptors (Lipinski definition) is 4. The summed E-state index contributed by atoms with van der Waals surface area (Å²) in [5.74, 6) is -0.792. The van der Waals surface area contributed by atoms with Crippen molar-refractivity contribution in [1.29, 1.82) is 0 Å². The molecule has 0 amide bonds. The van der Waals surface area contributed by atoms with Crippen molar-refractivity contribution in [2.45, 2.75) is 52.1 Å². The maximum absolute atomic E-state index is 12.1. The Morgan fingerprint density at radius 2 is 1.88 bits per heavy atom. The topological polar surface area (TPSA) is 88.6 Å². The molecule has 0 aliphatic heterocycles. The Labute approximate surface area is 194 Å². The molecule has 0 saturated carbocycles. The number of carboxylic acid groups (broad SMARTS) is 1. The van der Waals surface area contributed by atoms with Crippen LogP contribution in [0.15, 0.2) is 48.7 Å². The number of carboxylic acids is 1. The molecular formula is C27H31NO5. The number of rotatable bonds is 8. The maximum Gasteiger partial charge on any atom is 0.335 e. The number of fused-ring (bicyclic) bond motifs is 1. The van der Waals surface area contributed by atoms with E-state index in [-0.39, 0.29) is 17.5 Å². The van der Waals surface area contributed by atoms with Crippen LogP contribution >= 0.6 is 0 Å². The van der Waals surface area contributed by atoms with E-state index in [4.69, 9.17) is 9.47 Å². The Kier molecular flexibility index (Phi) is 7.26. The molecule has 0 radical (unpaired) electrons. The van der Waals surface area contributed by atoms with Crippen LogP contribution in [0.4, 0.5) is 0 Å². The highest BCUT2D eigenvalue weighted by Crippen LogP contribution is 2.39. The van der Waals surface area contributed by atoms with Gasteiger partial charge in [0.25, 0.3) is 0 Å². The van der Waals surface area contributed by atoms with Gasteiger partial charge in [0.1, 0.15) is 11.4 Å². The largest absolute Gasteiger partial charge is 0.496 e. The number of carbonyl (C=O) groups excluding carboxylic acids is 1. The zero-order valence-electron chi connectivity index (χ0n) is 19.8. The van der Waals surface area contributed by atoms with Crippen molar-refractivity contribution in [2.75, 3.05) is 7.11 Å². The maximum atomic E-state index is 12.1. The molecule has 0 spiro atoms. The quantitative estimate of drug-likeness (QED) is 0.317. The number of aromatic nitrogens is 1. The molecule has 3 aromatic rings. The van der Waals surface area contributed by atoms with E-state index in [1.54, 1.807) is 25.3 Å². The van der Waals surface area contributed by atoms with E-state index >= 15 is 0 Å². The normalized spacial score (nSPS) is 12.8. The average molecular weight is 450 g/mol. The van der Waals surface area contributed by atoms with Crippen molar-refractivity contribution in [3.63, 3.8) is 0 Å². The summed E-state index contributed by atoms with van der Waals surface area (Å²) in [4.78, 5) is 26.8. The number of aromatic carboxylic acids is 1. The number of H-pyrrole nitrogens is 1. The highest BCUT2D eigenvalue weighted by Gasteiger charge is 2.22. The molecular weight excluding hydrogens is 418 g/mol. The van der Waals surface area contributed by atoms with Crippen LogP contribution in [0.25, 0.3) is 17.0 Å². The molecule has 33 heavy (non-hydrogen) atoms. The number of aromatic amines is 1. The van der Waals surface area contributed by atoms with Crippen LogP contribution in [0.5, 0.6) is 5.75 Å². The van der Waals surface area contributed by atoms with Crippen molar-refractivity contribution < 1.29 is 24.2 Å². The SMILES string of the molecule is CCCC(c1ccc(C(=O)O)cc1OC)c1c[nH]c2ccc(/C=C/C(=O)OC(C)(C)C)cc12. The fraction of sp³-hybridized carbons (Fsp3) is 0.333. The van der Waals surface area contributed by atoms with E-state index in [1.165, 1.54) is 6.08 Å². The fourth-order valence-electron chi connectivity index (χ4n) is 3.95. The summed E-state index contributed by atoms with van der Waals surface area (Å²) in [7, 11) is 1.56. The lowest BCUT2D eigenvalue weighted by Gasteiger charge is -2.20. The lowest BCUT2D eigenvalue weighted by atomic mass is 9.86. The predicted molar refractivity (Wildman–Crippen MR) is 130 cm³/mol. The van der Waals surface area contributed by atoms with Gasteiger partial charge in [0.05, 0.1) is 12.7 Å². The van der Waals surface area contributed by atoms with Crippen LogP contribution in [0.1, 0.15) is 73.5 Å². The number of carbonyl (C=O) groups is 2. The fourth-order valence-corrected chi connectivity index (χ4v) is 3.95. The minimum absolute atomic E-state index is 0.0200. The third kappa shape index (κ3) is 5.83. The summed E-state index contributed by atoms with van der Waals surface area (Å²) in [6, 6.07) is 11.0. The van der Waals surface area contributed by atoms with Gasteiger partial charge < -0.3 is 19.6 Å². The lowest BCUT2D eigenvalue weighted by Crippen LogP contribution is -2.22. The van der Waals surface area contributed by atoms with E-state index in [0.717, 1.165) is 40.4 Å². The summed E-state index contributed by atoms with van der Waals surface area (Å²) in [5.41, 5.74) is 3.57. The van der Waals surface area contributed by atoms with Crippen LogP contribution in [-0.4, -0.2) is 34.7 Å². The molecule has 3 rings (SSSR count). The van der Waals surface area contributed by atoms with Gasteiger partial charge >= 0.3 is 11.9 Å². The minimum atomic E-state index is -0.986. The van der Waals surface area contributed by atoms with Gasteiger partial charge in [0.2, 0.25) is 0 Å². The second kappa shape index (κ2) is 9.94. The van der Waals surface area contributed by atoms with Gasteiger partial charge in [-0.15, -0.1) is 0 Å². The second-order valence-electron chi connectivity index (χ2n) is 9.02. The Morgan fingerprint density at radius 1 is 1.12 bits per heavy atom. The highest BCUT2D eigenvalue weighted by molar-refractivity contribution is 5.91. The molecule has 0 aliphatic carbocycles. The molecule has 0 saturated heterocycles. The van der Waals surface area contributed by atoms with Gasteiger partial charge in [-0.25, -0.2) is 9.59 Å². The molecule has 0 aliphatic rings. The zero-order chi connectivity index (χ0) is 24.2. The van der Waals surface area contributed by atoms with Crippen molar-refractivity contribution in [1.82, 2.24) is 4.98 Å². The summed E-state index contributed by atoms with van der Waals surface area (Å²) < 4.78 is 10.9. The van der Waals surface area contributed by atoms with E-state index < -0.39 is 11.6 Å². The van der Waals surface area contributed by atoms with E-state index in [2.05, 4.69) is 11.9 Å². The highest BCUT2D eigenvalue weighted by atomic mass is 16.6. The summed E-state index contributed by atoms with van der Waals surface area (Å²) in [6.07, 6.45) is 7.00. The molecule has 1 atom stereocenters. The summed E-state index contributed by atoms with van der Waals surface area (Å²) in [6.45, 7) is 7.63. The predicted octanol–water partition coefficient (Wildman–Crippen LogP) is 6.16.